The van der Waals surface area contributed by atoms with Gasteiger partial charge in [0.15, 0.2) is 0 Å². The molecule has 1 aromatic carbocycles. The molecule has 2 aromatic rings. The van der Waals surface area contributed by atoms with E-state index in [1.54, 1.807) is 6.20 Å². The molecule has 5 nitrogen and oxygen atoms in total. The molecule has 1 aliphatic rings. The van der Waals surface area contributed by atoms with Gasteiger partial charge in [0.05, 0.1) is 17.5 Å². The maximum atomic E-state index is 13.0. The summed E-state index contributed by atoms with van der Waals surface area (Å²) in [4.78, 5) is 17.3. The SMILES string of the molecule is CN(C(=O)c1cnnc(-c2ccccc2)c1)C(C)(C)CN1CCCC1. The number of hydrogen-bond acceptors (Lipinski definition) is 4. The maximum Gasteiger partial charge on any atom is 0.255 e. The number of amides is 1. The fourth-order valence-electron chi connectivity index (χ4n) is 3.30. The Balaban J connectivity index is 1.77. The minimum atomic E-state index is -0.238. The quantitative estimate of drug-likeness (QED) is 0.840. The molecular formula is C20H26N4O. The molecule has 1 saturated heterocycles. The van der Waals surface area contributed by atoms with Gasteiger partial charge < -0.3 is 9.80 Å². The smallest absolute Gasteiger partial charge is 0.255 e. The summed E-state index contributed by atoms with van der Waals surface area (Å²) in [5.74, 6) is -0.0173. The van der Waals surface area contributed by atoms with E-state index < -0.39 is 0 Å². The lowest BCUT2D eigenvalue weighted by atomic mass is 10.0. The molecule has 1 fully saturated rings. The van der Waals surface area contributed by atoms with Crippen molar-refractivity contribution in [2.75, 3.05) is 26.7 Å². The van der Waals surface area contributed by atoms with Crippen LogP contribution in [0.3, 0.4) is 0 Å². The van der Waals surface area contributed by atoms with Crippen LogP contribution in [-0.4, -0.2) is 58.1 Å². The number of likely N-dealkylation sites (N-methyl/N-ethyl adjacent to an activating group) is 1. The van der Waals surface area contributed by atoms with Crippen LogP contribution in [-0.2, 0) is 0 Å². The van der Waals surface area contributed by atoms with Gasteiger partial charge in [-0.1, -0.05) is 30.3 Å². The lowest BCUT2D eigenvalue weighted by Gasteiger charge is -2.38. The van der Waals surface area contributed by atoms with Crippen molar-refractivity contribution < 1.29 is 4.79 Å². The van der Waals surface area contributed by atoms with Gasteiger partial charge in [-0.05, 0) is 45.8 Å². The Morgan fingerprint density at radius 3 is 2.56 bits per heavy atom. The molecule has 0 atom stereocenters. The Morgan fingerprint density at radius 1 is 1.20 bits per heavy atom. The summed E-state index contributed by atoms with van der Waals surface area (Å²) in [6, 6.07) is 11.6. The summed E-state index contributed by atoms with van der Waals surface area (Å²) >= 11 is 0. The summed E-state index contributed by atoms with van der Waals surface area (Å²) in [5, 5.41) is 8.21. The molecule has 0 bridgehead atoms. The van der Waals surface area contributed by atoms with E-state index in [4.69, 9.17) is 0 Å². The fraction of sp³-hybridized carbons (Fsp3) is 0.450. The normalized spacial score (nSPS) is 15.3. The van der Waals surface area contributed by atoms with Crippen LogP contribution < -0.4 is 0 Å². The monoisotopic (exact) mass is 338 g/mol. The zero-order chi connectivity index (χ0) is 17.9. The molecule has 3 rings (SSSR count). The molecule has 0 radical (unpaired) electrons. The second kappa shape index (κ2) is 7.31. The van der Waals surface area contributed by atoms with Crippen molar-refractivity contribution in [3.05, 3.63) is 48.2 Å². The van der Waals surface area contributed by atoms with Crippen molar-refractivity contribution in [3.63, 3.8) is 0 Å². The molecular weight excluding hydrogens is 312 g/mol. The maximum absolute atomic E-state index is 13.0. The molecule has 0 N–H and O–H groups in total. The highest BCUT2D eigenvalue weighted by atomic mass is 16.2. The second-order valence-electron chi connectivity index (χ2n) is 7.36. The Labute approximate surface area is 149 Å². The average Bonchev–Trinajstić information content (AvgIpc) is 3.13. The van der Waals surface area contributed by atoms with Gasteiger partial charge in [-0.25, -0.2) is 0 Å². The minimum Gasteiger partial charge on any atom is -0.335 e. The van der Waals surface area contributed by atoms with E-state index in [0.717, 1.165) is 30.9 Å². The highest BCUT2D eigenvalue weighted by molar-refractivity contribution is 5.95. The number of aromatic nitrogens is 2. The molecule has 25 heavy (non-hydrogen) atoms. The first-order valence-corrected chi connectivity index (χ1v) is 8.86. The predicted molar refractivity (Wildman–Crippen MR) is 99.3 cm³/mol. The average molecular weight is 338 g/mol. The van der Waals surface area contributed by atoms with Crippen molar-refractivity contribution in [1.82, 2.24) is 20.0 Å². The summed E-state index contributed by atoms with van der Waals surface area (Å²) < 4.78 is 0. The van der Waals surface area contributed by atoms with E-state index in [1.807, 2.05) is 48.3 Å². The van der Waals surface area contributed by atoms with Gasteiger partial charge in [0.2, 0.25) is 0 Å². The van der Waals surface area contributed by atoms with Crippen LogP contribution in [0.4, 0.5) is 0 Å². The van der Waals surface area contributed by atoms with E-state index >= 15 is 0 Å². The van der Waals surface area contributed by atoms with Crippen LogP contribution in [0.1, 0.15) is 37.0 Å². The third-order valence-corrected chi connectivity index (χ3v) is 4.99. The third kappa shape index (κ3) is 4.04. The topological polar surface area (TPSA) is 49.3 Å². The summed E-state index contributed by atoms with van der Waals surface area (Å²) in [6.45, 7) is 7.38. The first kappa shape index (κ1) is 17.5. The molecule has 2 heterocycles. The third-order valence-electron chi connectivity index (χ3n) is 4.99. The number of nitrogens with zero attached hydrogens (tertiary/aromatic N) is 4. The van der Waals surface area contributed by atoms with E-state index in [0.29, 0.717) is 5.56 Å². The molecule has 1 aliphatic heterocycles. The molecule has 0 unspecified atom stereocenters. The van der Waals surface area contributed by atoms with Gasteiger partial charge >= 0.3 is 0 Å². The van der Waals surface area contributed by atoms with Gasteiger partial charge in [0.25, 0.3) is 5.91 Å². The van der Waals surface area contributed by atoms with Crippen molar-refractivity contribution in [2.24, 2.45) is 0 Å². The van der Waals surface area contributed by atoms with Gasteiger partial charge in [-0.3, -0.25) is 4.79 Å². The lowest BCUT2D eigenvalue weighted by molar-refractivity contribution is 0.0555. The molecule has 0 spiro atoms. The fourth-order valence-corrected chi connectivity index (χ4v) is 3.30. The first-order valence-electron chi connectivity index (χ1n) is 8.86. The Kier molecular flexibility index (Phi) is 5.13. The van der Waals surface area contributed by atoms with Crippen LogP contribution in [0.15, 0.2) is 42.6 Å². The first-order chi connectivity index (χ1) is 12.0. The molecule has 1 amide bonds. The molecule has 1 aromatic heterocycles. The number of hydrogen-bond donors (Lipinski definition) is 0. The van der Waals surface area contributed by atoms with Crippen LogP contribution >= 0.6 is 0 Å². The van der Waals surface area contributed by atoms with Crippen LogP contribution in [0.25, 0.3) is 11.3 Å². The van der Waals surface area contributed by atoms with E-state index in [1.165, 1.54) is 12.8 Å². The van der Waals surface area contributed by atoms with Gasteiger partial charge in [-0.2, -0.15) is 10.2 Å². The predicted octanol–water partition coefficient (Wildman–Crippen LogP) is 3.09. The van der Waals surface area contributed by atoms with E-state index in [-0.39, 0.29) is 11.4 Å². The van der Waals surface area contributed by atoms with Crippen molar-refractivity contribution in [2.45, 2.75) is 32.2 Å². The van der Waals surface area contributed by atoms with Crippen molar-refractivity contribution >= 4 is 5.91 Å². The van der Waals surface area contributed by atoms with Crippen LogP contribution in [0, 0.1) is 0 Å². The van der Waals surface area contributed by atoms with Crippen molar-refractivity contribution in [3.8, 4) is 11.3 Å². The zero-order valence-electron chi connectivity index (χ0n) is 15.3. The Morgan fingerprint density at radius 2 is 1.88 bits per heavy atom. The number of carbonyl (C=O) groups excluding carboxylic acids is 1. The highest BCUT2D eigenvalue weighted by Gasteiger charge is 2.31. The van der Waals surface area contributed by atoms with E-state index in [9.17, 15) is 4.79 Å². The second-order valence-corrected chi connectivity index (χ2v) is 7.36. The van der Waals surface area contributed by atoms with E-state index in [2.05, 4.69) is 28.9 Å². The van der Waals surface area contributed by atoms with Crippen LogP contribution in [0.5, 0.6) is 0 Å². The number of benzene rings is 1. The van der Waals surface area contributed by atoms with Crippen LogP contribution in [0.2, 0.25) is 0 Å². The standard InChI is InChI=1S/C20H26N4O/c1-20(2,15-24-11-7-8-12-24)23(3)19(25)17-13-18(22-21-14-17)16-9-5-4-6-10-16/h4-6,9-10,13-14H,7-8,11-12,15H2,1-3H3. The molecule has 0 saturated carbocycles. The lowest BCUT2D eigenvalue weighted by Crippen LogP contribution is -2.51. The number of carbonyl (C=O) groups is 1. The van der Waals surface area contributed by atoms with Gasteiger partial charge in [-0.15, -0.1) is 0 Å². The summed E-state index contributed by atoms with van der Waals surface area (Å²) in [7, 11) is 1.88. The zero-order valence-corrected chi connectivity index (χ0v) is 15.3. The van der Waals surface area contributed by atoms with Gasteiger partial charge in [0, 0.05) is 24.7 Å². The van der Waals surface area contributed by atoms with Gasteiger partial charge in [0.1, 0.15) is 0 Å². The number of likely N-dealkylation sites (tertiary alicyclic amines) is 1. The Hall–Kier alpha value is -2.27. The summed E-state index contributed by atoms with van der Waals surface area (Å²) in [6.07, 6.45) is 4.06. The minimum absolute atomic E-state index is 0.0173. The highest BCUT2D eigenvalue weighted by Crippen LogP contribution is 2.22. The number of rotatable bonds is 5. The molecule has 5 heteroatoms. The largest absolute Gasteiger partial charge is 0.335 e. The summed E-state index contributed by atoms with van der Waals surface area (Å²) in [5.41, 5.74) is 2.02. The van der Waals surface area contributed by atoms with Crippen molar-refractivity contribution in [1.29, 1.82) is 0 Å². The molecule has 0 aliphatic carbocycles. The Bertz CT molecular complexity index is 723. The molecule has 132 valence electrons.